The summed E-state index contributed by atoms with van der Waals surface area (Å²) in [6.45, 7) is 5.81. The van der Waals surface area contributed by atoms with E-state index in [0.29, 0.717) is 42.3 Å². The molecule has 13 heteroatoms. The van der Waals surface area contributed by atoms with Crippen molar-refractivity contribution in [3.63, 3.8) is 0 Å². The lowest BCUT2D eigenvalue weighted by atomic mass is 9.97. The van der Waals surface area contributed by atoms with Crippen molar-refractivity contribution in [2.75, 3.05) is 26.2 Å². The van der Waals surface area contributed by atoms with Gasteiger partial charge in [0.15, 0.2) is 0 Å². The SMILES string of the molecule is C.O=COC1CN(Cc2ccc(-c3noc(-c4ccc(-c5ccco5)cc4)n3)cc2)C1.O=COC1CN(Cc2ccc(-c3noc(-c4ccc(C5CCCC5)cc4)n3)cc2)C1. The Kier molecular flexibility index (Phi) is 12.9. The van der Waals surface area contributed by atoms with Gasteiger partial charge in [0.2, 0.25) is 11.6 Å². The second kappa shape index (κ2) is 19.1. The second-order valence-corrected chi connectivity index (χ2v) is 15.5. The number of likely N-dealkylation sites (tertiary alicyclic amines) is 2. The number of carbonyl (C=O) groups excluding carboxylic acids is 2. The predicted molar refractivity (Wildman–Crippen MR) is 228 cm³/mol. The highest BCUT2D eigenvalue weighted by molar-refractivity contribution is 5.65. The topological polar surface area (TPSA) is 150 Å². The van der Waals surface area contributed by atoms with Crippen LogP contribution >= 0.6 is 0 Å². The highest BCUT2D eigenvalue weighted by atomic mass is 16.5. The number of nitrogens with zero attached hydrogens (tertiary/aromatic N) is 6. The van der Waals surface area contributed by atoms with E-state index in [-0.39, 0.29) is 19.6 Å². The standard InChI is InChI=1S/C24H25N3O3.C23H19N3O4.CH4/c28-16-29-22-14-27(15-22)13-17-5-7-20(8-6-17)23-25-24(30-26-23)21-11-9-19(10-12-21)18-3-1-2-4-18;27-15-29-20-13-26(14-20)12-16-3-5-18(6-4-16)22-24-23(30-25-22)19-9-7-17(8-10-19)21-2-1-11-28-21;/h5-12,16,18,22H,1-4,13-15H2;1-11,15,20H,12-14H2;1H4. The van der Waals surface area contributed by atoms with E-state index in [1.54, 1.807) is 6.26 Å². The van der Waals surface area contributed by atoms with Crippen LogP contribution in [0.15, 0.2) is 129 Å². The first-order valence-corrected chi connectivity index (χ1v) is 20.3. The Balaban J connectivity index is 0.000000166. The highest BCUT2D eigenvalue weighted by Crippen LogP contribution is 2.35. The van der Waals surface area contributed by atoms with Crippen molar-refractivity contribution >= 4 is 12.9 Å². The second-order valence-electron chi connectivity index (χ2n) is 15.5. The molecule has 1 saturated carbocycles. The van der Waals surface area contributed by atoms with Gasteiger partial charge in [0, 0.05) is 67.1 Å². The van der Waals surface area contributed by atoms with Crippen molar-refractivity contribution in [1.82, 2.24) is 30.1 Å². The Bertz CT molecular complexity index is 2450. The first-order chi connectivity index (χ1) is 29.6. The molecule has 10 rings (SSSR count). The molecule has 2 saturated heterocycles. The fraction of sp³-hybridized carbons (Fsp3) is 0.292. The van der Waals surface area contributed by atoms with Gasteiger partial charge in [-0.15, -0.1) is 0 Å². The van der Waals surface area contributed by atoms with E-state index in [0.717, 1.165) is 72.8 Å². The molecule has 61 heavy (non-hydrogen) atoms. The van der Waals surface area contributed by atoms with Gasteiger partial charge in [0.25, 0.3) is 24.7 Å². The molecule has 0 spiro atoms. The molecule has 4 aromatic carbocycles. The molecule has 0 bridgehead atoms. The van der Waals surface area contributed by atoms with Crippen molar-refractivity contribution < 1.29 is 32.5 Å². The van der Waals surface area contributed by atoms with Crippen LogP contribution in [0.2, 0.25) is 0 Å². The number of benzene rings is 4. The molecule has 3 aliphatic rings. The zero-order valence-electron chi connectivity index (χ0n) is 33.0. The minimum absolute atomic E-state index is 0. The third-order valence-corrected chi connectivity index (χ3v) is 11.4. The molecule has 0 radical (unpaired) electrons. The van der Waals surface area contributed by atoms with Crippen LogP contribution in [-0.4, -0.2) is 81.4 Å². The monoisotopic (exact) mass is 820 g/mol. The normalized spacial score (nSPS) is 15.8. The Hall–Kier alpha value is -6.70. The third-order valence-electron chi connectivity index (χ3n) is 11.4. The largest absolute Gasteiger partial charge is 0.464 e. The van der Waals surface area contributed by atoms with Crippen LogP contribution in [0.1, 0.15) is 55.7 Å². The number of carbonyl (C=O) groups is 2. The maximum Gasteiger partial charge on any atom is 0.293 e. The van der Waals surface area contributed by atoms with Crippen LogP contribution in [-0.2, 0) is 32.2 Å². The fourth-order valence-corrected chi connectivity index (χ4v) is 7.96. The lowest BCUT2D eigenvalue weighted by molar-refractivity contribution is -0.142. The van der Waals surface area contributed by atoms with Crippen LogP contribution in [0.3, 0.4) is 0 Å². The van der Waals surface area contributed by atoms with Crippen molar-refractivity contribution in [3.8, 4) is 57.0 Å². The van der Waals surface area contributed by atoms with Gasteiger partial charge in [0.05, 0.1) is 6.26 Å². The van der Waals surface area contributed by atoms with E-state index in [1.165, 1.54) is 42.4 Å². The molecule has 3 aromatic heterocycles. The van der Waals surface area contributed by atoms with Gasteiger partial charge in [-0.2, -0.15) is 9.97 Å². The average molecular weight is 821 g/mol. The molecule has 5 heterocycles. The molecule has 2 aliphatic heterocycles. The summed E-state index contributed by atoms with van der Waals surface area (Å²) in [4.78, 5) is 34.3. The Morgan fingerprint density at radius 1 is 0.574 bits per heavy atom. The lowest BCUT2D eigenvalue weighted by Crippen LogP contribution is -2.51. The summed E-state index contributed by atoms with van der Waals surface area (Å²) in [5.74, 6) is 3.69. The smallest absolute Gasteiger partial charge is 0.293 e. The zero-order valence-corrected chi connectivity index (χ0v) is 33.0. The van der Waals surface area contributed by atoms with E-state index in [1.807, 2.05) is 60.7 Å². The van der Waals surface area contributed by atoms with Gasteiger partial charge < -0.3 is 22.9 Å². The quantitative estimate of drug-likeness (QED) is 0.0961. The van der Waals surface area contributed by atoms with Gasteiger partial charge >= 0.3 is 0 Å². The fourth-order valence-electron chi connectivity index (χ4n) is 7.96. The van der Waals surface area contributed by atoms with Crippen molar-refractivity contribution in [3.05, 3.63) is 132 Å². The van der Waals surface area contributed by atoms with Crippen molar-refractivity contribution in [2.24, 2.45) is 0 Å². The van der Waals surface area contributed by atoms with Crippen LogP contribution in [0, 0.1) is 0 Å². The summed E-state index contributed by atoms with van der Waals surface area (Å²) in [6.07, 6.45) is 6.98. The Labute approximate surface area is 354 Å². The van der Waals surface area contributed by atoms with Crippen LogP contribution < -0.4 is 0 Å². The molecular formula is C48H48N6O7. The number of hydrogen-bond donors (Lipinski definition) is 0. The molecule has 312 valence electrons. The van der Waals surface area contributed by atoms with Crippen LogP contribution in [0.4, 0.5) is 0 Å². The maximum absolute atomic E-state index is 10.3. The first kappa shape index (κ1) is 41.1. The van der Waals surface area contributed by atoms with Crippen LogP contribution in [0.25, 0.3) is 57.0 Å². The molecule has 0 amide bonds. The minimum Gasteiger partial charge on any atom is -0.464 e. The summed E-state index contributed by atoms with van der Waals surface area (Å²) < 4.78 is 26.3. The van der Waals surface area contributed by atoms with E-state index >= 15 is 0 Å². The number of ether oxygens (including phenoxy) is 2. The van der Waals surface area contributed by atoms with Gasteiger partial charge in [-0.05, 0) is 71.8 Å². The molecule has 3 fully saturated rings. The number of furan rings is 1. The molecule has 13 nitrogen and oxygen atoms in total. The number of rotatable bonds is 14. The summed E-state index contributed by atoms with van der Waals surface area (Å²) >= 11 is 0. The van der Waals surface area contributed by atoms with E-state index in [4.69, 9.17) is 22.9 Å². The third kappa shape index (κ3) is 9.86. The summed E-state index contributed by atoms with van der Waals surface area (Å²) in [5.41, 5.74) is 8.43. The van der Waals surface area contributed by atoms with Gasteiger partial charge in [-0.3, -0.25) is 19.4 Å². The minimum atomic E-state index is 0. The highest BCUT2D eigenvalue weighted by Gasteiger charge is 2.29. The lowest BCUT2D eigenvalue weighted by Gasteiger charge is -2.37. The number of hydrogen-bond acceptors (Lipinski definition) is 13. The van der Waals surface area contributed by atoms with Gasteiger partial charge in [0.1, 0.15) is 18.0 Å². The summed E-state index contributed by atoms with van der Waals surface area (Å²) in [7, 11) is 0. The first-order valence-electron chi connectivity index (χ1n) is 20.3. The summed E-state index contributed by atoms with van der Waals surface area (Å²) in [5, 5.41) is 8.28. The Morgan fingerprint density at radius 3 is 1.46 bits per heavy atom. The maximum atomic E-state index is 10.3. The van der Waals surface area contributed by atoms with Gasteiger partial charge in [-0.25, -0.2) is 0 Å². The van der Waals surface area contributed by atoms with Crippen molar-refractivity contribution in [1.29, 1.82) is 0 Å². The molecule has 7 aromatic rings. The van der Waals surface area contributed by atoms with E-state index in [2.05, 4.69) is 78.6 Å². The zero-order chi connectivity index (χ0) is 40.7. The number of aromatic nitrogens is 4. The molecule has 1 aliphatic carbocycles. The average Bonchev–Trinajstić information content (AvgIpc) is 4.12. The van der Waals surface area contributed by atoms with E-state index < -0.39 is 0 Å². The molecule has 0 unspecified atom stereocenters. The predicted octanol–water partition coefficient (Wildman–Crippen LogP) is 9.08. The van der Waals surface area contributed by atoms with Crippen LogP contribution in [0.5, 0.6) is 0 Å². The summed E-state index contributed by atoms with van der Waals surface area (Å²) in [6, 6.07) is 36.4. The molecule has 0 atom stereocenters. The van der Waals surface area contributed by atoms with E-state index in [9.17, 15) is 9.59 Å². The Morgan fingerprint density at radius 2 is 1.02 bits per heavy atom. The van der Waals surface area contributed by atoms with Gasteiger partial charge in [-0.1, -0.05) is 103 Å². The molecular weight excluding hydrogens is 773 g/mol. The molecule has 0 N–H and O–H groups in total. The van der Waals surface area contributed by atoms with Crippen molar-refractivity contribution in [2.45, 2.75) is 64.3 Å².